The Morgan fingerprint density at radius 1 is 0.970 bits per heavy atom. The van der Waals surface area contributed by atoms with Gasteiger partial charge in [0.15, 0.2) is 6.61 Å². The molecule has 4 amide bonds. The van der Waals surface area contributed by atoms with Crippen molar-refractivity contribution in [1.29, 1.82) is 0 Å². The average Bonchev–Trinajstić information content (AvgIpc) is 2.84. The predicted molar refractivity (Wildman–Crippen MR) is 118 cm³/mol. The molecule has 5 rings (SSSR count). The predicted octanol–water partition coefficient (Wildman–Crippen LogP) is 1.80. The van der Waals surface area contributed by atoms with E-state index in [0.29, 0.717) is 63.3 Å². The van der Waals surface area contributed by atoms with Crippen LogP contribution >= 0.6 is 0 Å². The fourth-order valence-electron chi connectivity index (χ4n) is 5.88. The lowest BCUT2D eigenvalue weighted by molar-refractivity contribution is -0.144. The minimum Gasteiger partial charge on any atom is -0.484 e. The number of nitrogens with zero attached hydrogens (tertiary/aromatic N) is 4. The second-order valence-corrected chi connectivity index (χ2v) is 9.67. The highest BCUT2D eigenvalue weighted by Gasteiger charge is 2.45. The number of hydrogen-bond acceptors (Lipinski definition) is 4. The molecule has 178 valence electrons. The topological polar surface area (TPSA) is 73.4 Å². The zero-order valence-corrected chi connectivity index (χ0v) is 18.8. The van der Waals surface area contributed by atoms with E-state index in [1.807, 2.05) is 9.80 Å². The first-order valence-corrected chi connectivity index (χ1v) is 12.0. The smallest absolute Gasteiger partial charge is 0.320 e. The standard InChI is InChI=1S/C24H31FN4O4/c25-19-4-6-20(7-5-19)33-16-23(31)26-8-10-27(11-9-26)24(32)28-13-17-12-18(15-28)21-2-1-3-22(30)29(21)14-17/h4-7,17-18,21H,1-3,8-16H2/t17?,18?,21-/m1/s1. The summed E-state index contributed by atoms with van der Waals surface area (Å²) < 4.78 is 18.5. The number of hydrogen-bond donors (Lipinski definition) is 0. The van der Waals surface area contributed by atoms with E-state index in [9.17, 15) is 18.8 Å². The van der Waals surface area contributed by atoms with Crippen LogP contribution in [0, 0.1) is 17.7 Å². The van der Waals surface area contributed by atoms with E-state index in [0.717, 1.165) is 25.8 Å². The summed E-state index contributed by atoms with van der Waals surface area (Å²) in [5.74, 6) is 0.976. The van der Waals surface area contributed by atoms with E-state index >= 15 is 0 Å². The van der Waals surface area contributed by atoms with Crippen molar-refractivity contribution in [2.75, 3.05) is 52.4 Å². The second-order valence-electron chi connectivity index (χ2n) is 9.67. The number of amides is 4. The van der Waals surface area contributed by atoms with Gasteiger partial charge in [-0.15, -0.1) is 0 Å². The fraction of sp³-hybridized carbons (Fsp3) is 0.625. The molecule has 33 heavy (non-hydrogen) atoms. The molecule has 0 radical (unpaired) electrons. The third-order valence-corrected chi connectivity index (χ3v) is 7.53. The second kappa shape index (κ2) is 9.19. The van der Waals surface area contributed by atoms with Gasteiger partial charge in [0.1, 0.15) is 11.6 Å². The minimum absolute atomic E-state index is 0.0509. The number of ether oxygens (including phenoxy) is 1. The van der Waals surface area contributed by atoms with Crippen molar-refractivity contribution >= 4 is 17.8 Å². The van der Waals surface area contributed by atoms with Gasteiger partial charge in [-0.2, -0.15) is 0 Å². The Bertz CT molecular complexity index is 902. The van der Waals surface area contributed by atoms with Gasteiger partial charge >= 0.3 is 6.03 Å². The van der Waals surface area contributed by atoms with Crippen molar-refractivity contribution in [3.05, 3.63) is 30.1 Å². The highest BCUT2D eigenvalue weighted by Crippen LogP contribution is 2.38. The van der Waals surface area contributed by atoms with E-state index in [2.05, 4.69) is 4.90 Å². The molecule has 3 atom stereocenters. The highest BCUT2D eigenvalue weighted by molar-refractivity contribution is 5.79. The maximum Gasteiger partial charge on any atom is 0.320 e. The number of carbonyl (C=O) groups is 3. The molecule has 0 spiro atoms. The van der Waals surface area contributed by atoms with Gasteiger partial charge in [0.05, 0.1) is 0 Å². The molecule has 9 heteroatoms. The van der Waals surface area contributed by atoms with Crippen molar-refractivity contribution in [3.8, 4) is 5.75 Å². The molecule has 4 aliphatic heterocycles. The Morgan fingerprint density at radius 3 is 2.45 bits per heavy atom. The minimum atomic E-state index is -0.351. The maximum absolute atomic E-state index is 13.2. The molecule has 4 fully saturated rings. The molecule has 1 aromatic carbocycles. The fourth-order valence-corrected chi connectivity index (χ4v) is 5.88. The quantitative estimate of drug-likeness (QED) is 0.693. The molecule has 4 aliphatic rings. The molecular weight excluding hydrogens is 427 g/mol. The van der Waals surface area contributed by atoms with Gasteiger partial charge in [-0.05, 0) is 55.4 Å². The van der Waals surface area contributed by atoms with E-state index in [4.69, 9.17) is 4.74 Å². The van der Waals surface area contributed by atoms with Crippen LogP contribution in [-0.2, 0) is 9.59 Å². The summed E-state index contributed by atoms with van der Waals surface area (Å²) in [6.45, 7) is 4.05. The summed E-state index contributed by atoms with van der Waals surface area (Å²) >= 11 is 0. The molecule has 0 N–H and O–H groups in total. The van der Waals surface area contributed by atoms with Crippen molar-refractivity contribution < 1.29 is 23.5 Å². The zero-order valence-electron chi connectivity index (χ0n) is 18.8. The number of likely N-dealkylation sites (tertiary alicyclic amines) is 1. The summed E-state index contributed by atoms with van der Waals surface area (Å²) in [5.41, 5.74) is 0. The molecule has 2 unspecified atom stereocenters. The van der Waals surface area contributed by atoms with Crippen molar-refractivity contribution in [3.63, 3.8) is 0 Å². The Hall–Kier alpha value is -2.84. The number of piperazine rings is 1. The first-order valence-electron chi connectivity index (χ1n) is 12.0. The van der Waals surface area contributed by atoms with Crippen LogP contribution in [0.5, 0.6) is 5.75 Å². The van der Waals surface area contributed by atoms with Gasteiger partial charge < -0.3 is 24.3 Å². The van der Waals surface area contributed by atoms with E-state index in [1.165, 1.54) is 24.3 Å². The van der Waals surface area contributed by atoms with Crippen molar-refractivity contribution in [2.24, 2.45) is 11.8 Å². The zero-order chi connectivity index (χ0) is 22.9. The highest BCUT2D eigenvalue weighted by atomic mass is 19.1. The maximum atomic E-state index is 13.2. The Labute approximate surface area is 193 Å². The van der Waals surface area contributed by atoms with Gasteiger partial charge in [-0.3, -0.25) is 9.59 Å². The lowest BCUT2D eigenvalue weighted by Crippen LogP contribution is -2.63. The van der Waals surface area contributed by atoms with Gasteiger partial charge in [0.25, 0.3) is 5.91 Å². The van der Waals surface area contributed by atoms with E-state index in [-0.39, 0.29) is 36.3 Å². The molecule has 2 bridgehead atoms. The number of urea groups is 1. The summed E-state index contributed by atoms with van der Waals surface area (Å²) in [7, 11) is 0. The number of benzene rings is 1. The van der Waals surface area contributed by atoms with Crippen molar-refractivity contribution in [1.82, 2.24) is 19.6 Å². The summed E-state index contributed by atoms with van der Waals surface area (Å²) in [4.78, 5) is 45.7. The number of piperidine rings is 3. The Balaban J connectivity index is 1.11. The SMILES string of the molecule is O=C(COc1ccc(F)cc1)N1CCN(C(=O)N2CC3CC(C2)[C@H]2CCCC(=O)N2C3)CC1. The van der Waals surface area contributed by atoms with Crippen LogP contribution in [0.1, 0.15) is 25.7 Å². The molecule has 4 heterocycles. The molecule has 8 nitrogen and oxygen atoms in total. The first-order chi connectivity index (χ1) is 16.0. The third kappa shape index (κ3) is 4.63. The van der Waals surface area contributed by atoms with Crippen LogP contribution in [0.2, 0.25) is 0 Å². The monoisotopic (exact) mass is 458 g/mol. The van der Waals surface area contributed by atoms with E-state index in [1.54, 1.807) is 4.90 Å². The molecule has 4 saturated heterocycles. The molecule has 0 saturated carbocycles. The Kier molecular flexibility index (Phi) is 6.12. The van der Waals surface area contributed by atoms with Crippen LogP contribution in [0.3, 0.4) is 0 Å². The summed E-state index contributed by atoms with van der Waals surface area (Å²) in [6, 6.07) is 5.92. The Morgan fingerprint density at radius 2 is 1.70 bits per heavy atom. The molecule has 0 aromatic heterocycles. The van der Waals surface area contributed by atoms with Crippen LogP contribution in [-0.4, -0.2) is 95.9 Å². The van der Waals surface area contributed by atoms with Gasteiger partial charge in [0.2, 0.25) is 5.91 Å². The number of halogens is 1. The van der Waals surface area contributed by atoms with Gasteiger partial charge in [-0.1, -0.05) is 0 Å². The van der Waals surface area contributed by atoms with Crippen LogP contribution in [0.15, 0.2) is 24.3 Å². The average molecular weight is 459 g/mol. The van der Waals surface area contributed by atoms with Gasteiger partial charge in [0, 0.05) is 58.3 Å². The van der Waals surface area contributed by atoms with Crippen LogP contribution in [0.25, 0.3) is 0 Å². The van der Waals surface area contributed by atoms with E-state index < -0.39 is 0 Å². The summed E-state index contributed by atoms with van der Waals surface area (Å²) in [6.07, 6.45) is 3.77. The van der Waals surface area contributed by atoms with Crippen LogP contribution < -0.4 is 4.74 Å². The molecule has 0 aliphatic carbocycles. The molecule has 1 aromatic rings. The van der Waals surface area contributed by atoms with Crippen molar-refractivity contribution in [2.45, 2.75) is 31.7 Å². The number of fused-ring (bicyclic) bond motifs is 4. The lowest BCUT2D eigenvalue weighted by Gasteiger charge is -2.53. The number of carbonyl (C=O) groups excluding carboxylic acids is 3. The lowest BCUT2D eigenvalue weighted by atomic mass is 9.76. The third-order valence-electron chi connectivity index (χ3n) is 7.53. The first kappa shape index (κ1) is 22.0. The van der Waals surface area contributed by atoms with Crippen LogP contribution in [0.4, 0.5) is 9.18 Å². The van der Waals surface area contributed by atoms with Gasteiger partial charge in [-0.25, -0.2) is 9.18 Å². The summed E-state index contributed by atoms with van der Waals surface area (Å²) in [5, 5.41) is 0. The largest absolute Gasteiger partial charge is 0.484 e. The number of rotatable bonds is 3. The normalized spacial score (nSPS) is 27.3. The molecular formula is C24H31FN4O4.